The summed E-state index contributed by atoms with van der Waals surface area (Å²) >= 11 is 0. The van der Waals surface area contributed by atoms with Crippen molar-refractivity contribution in [2.24, 2.45) is 23.2 Å². The van der Waals surface area contributed by atoms with Crippen LogP contribution in [0, 0.1) is 29.0 Å². The van der Waals surface area contributed by atoms with Gasteiger partial charge in [-0.1, -0.05) is 12.1 Å². The van der Waals surface area contributed by atoms with Gasteiger partial charge in [-0.15, -0.1) is 0 Å². The Hall–Kier alpha value is -1.58. The number of rotatable bonds is 6. The Kier molecular flexibility index (Phi) is 4.23. The second-order valence-corrected chi connectivity index (χ2v) is 8.22. The van der Waals surface area contributed by atoms with Crippen LogP contribution in [0.15, 0.2) is 24.3 Å². The molecule has 24 heavy (non-hydrogen) atoms. The summed E-state index contributed by atoms with van der Waals surface area (Å²) < 4.78 is 18.8. The summed E-state index contributed by atoms with van der Waals surface area (Å²) in [5.41, 5.74) is 0.358. The zero-order valence-corrected chi connectivity index (χ0v) is 14.1. The van der Waals surface area contributed by atoms with Crippen molar-refractivity contribution >= 4 is 5.91 Å². The molecule has 0 spiro atoms. The van der Waals surface area contributed by atoms with Crippen LogP contribution in [0.4, 0.5) is 4.39 Å². The van der Waals surface area contributed by atoms with Gasteiger partial charge in [0, 0.05) is 6.54 Å². The first-order chi connectivity index (χ1) is 11.6. The summed E-state index contributed by atoms with van der Waals surface area (Å²) in [6, 6.07) is 6.30. The standard InChI is InChI=1S/C20H26FNO2/c21-17-3-1-2-4-18(17)24-6-5-19(23)22-13-20-10-14-7-15(11-20)9-16(8-14)12-20/h1-4,14-16H,5-13H2,(H,22,23). The molecular weight excluding hydrogens is 305 g/mol. The number of para-hydroxylation sites is 1. The Morgan fingerprint density at radius 3 is 2.38 bits per heavy atom. The van der Waals surface area contributed by atoms with Gasteiger partial charge >= 0.3 is 0 Å². The summed E-state index contributed by atoms with van der Waals surface area (Å²) in [6.07, 6.45) is 8.43. The van der Waals surface area contributed by atoms with E-state index in [1.807, 2.05) is 0 Å². The summed E-state index contributed by atoms with van der Waals surface area (Å²) in [5, 5.41) is 3.13. The molecule has 3 nitrogen and oxygen atoms in total. The molecule has 5 rings (SSSR count). The van der Waals surface area contributed by atoms with Gasteiger partial charge in [-0.3, -0.25) is 4.79 Å². The minimum atomic E-state index is -0.383. The number of halogens is 1. The lowest BCUT2D eigenvalue weighted by Gasteiger charge is -2.56. The van der Waals surface area contributed by atoms with E-state index in [4.69, 9.17) is 4.74 Å². The number of benzene rings is 1. The lowest BCUT2D eigenvalue weighted by Crippen LogP contribution is -2.51. The molecular formula is C20H26FNO2. The van der Waals surface area contributed by atoms with Crippen molar-refractivity contribution in [3.05, 3.63) is 30.1 Å². The molecule has 4 fully saturated rings. The van der Waals surface area contributed by atoms with Gasteiger partial charge in [-0.05, 0) is 73.8 Å². The van der Waals surface area contributed by atoms with Gasteiger partial charge < -0.3 is 10.1 Å². The zero-order chi connectivity index (χ0) is 16.6. The third-order valence-corrected chi connectivity index (χ3v) is 6.25. The summed E-state index contributed by atoms with van der Waals surface area (Å²) in [5.74, 6) is 2.55. The van der Waals surface area contributed by atoms with E-state index in [9.17, 15) is 9.18 Å². The van der Waals surface area contributed by atoms with Crippen molar-refractivity contribution in [1.82, 2.24) is 5.32 Å². The van der Waals surface area contributed by atoms with Crippen LogP contribution in [0.2, 0.25) is 0 Å². The van der Waals surface area contributed by atoms with Gasteiger partial charge in [0.1, 0.15) is 0 Å². The smallest absolute Gasteiger partial charge is 0.223 e. The Morgan fingerprint density at radius 1 is 1.12 bits per heavy atom. The zero-order valence-electron chi connectivity index (χ0n) is 14.1. The average Bonchev–Trinajstić information content (AvgIpc) is 2.54. The monoisotopic (exact) mass is 331 g/mol. The fourth-order valence-electron chi connectivity index (χ4n) is 5.70. The highest BCUT2D eigenvalue weighted by molar-refractivity contribution is 5.76. The first-order valence-corrected chi connectivity index (χ1v) is 9.26. The largest absolute Gasteiger partial charge is 0.490 e. The van der Waals surface area contributed by atoms with E-state index in [-0.39, 0.29) is 30.5 Å². The Labute approximate surface area is 143 Å². The normalized spacial score (nSPS) is 33.5. The summed E-state index contributed by atoms with van der Waals surface area (Å²) in [7, 11) is 0. The summed E-state index contributed by atoms with van der Waals surface area (Å²) in [4.78, 5) is 12.1. The van der Waals surface area contributed by atoms with E-state index >= 15 is 0 Å². The molecule has 130 valence electrons. The molecule has 0 heterocycles. The van der Waals surface area contributed by atoms with Crippen LogP contribution in [-0.2, 0) is 4.79 Å². The minimum Gasteiger partial charge on any atom is -0.490 e. The highest BCUT2D eigenvalue weighted by Gasteiger charge is 2.50. The van der Waals surface area contributed by atoms with E-state index in [2.05, 4.69) is 5.32 Å². The molecule has 0 saturated heterocycles. The van der Waals surface area contributed by atoms with Crippen molar-refractivity contribution in [3.63, 3.8) is 0 Å². The number of carbonyl (C=O) groups excluding carboxylic acids is 1. The van der Waals surface area contributed by atoms with Gasteiger partial charge in [0.25, 0.3) is 0 Å². The van der Waals surface area contributed by atoms with E-state index in [0.29, 0.717) is 5.41 Å². The maximum atomic E-state index is 13.5. The number of nitrogens with one attached hydrogen (secondary N) is 1. The topological polar surface area (TPSA) is 38.3 Å². The maximum Gasteiger partial charge on any atom is 0.223 e. The van der Waals surface area contributed by atoms with Gasteiger partial charge in [0.2, 0.25) is 5.91 Å². The molecule has 1 amide bonds. The van der Waals surface area contributed by atoms with Crippen molar-refractivity contribution < 1.29 is 13.9 Å². The number of hydrogen-bond acceptors (Lipinski definition) is 2. The fourth-order valence-corrected chi connectivity index (χ4v) is 5.70. The van der Waals surface area contributed by atoms with Gasteiger partial charge in [-0.25, -0.2) is 4.39 Å². The average molecular weight is 331 g/mol. The molecule has 4 bridgehead atoms. The number of carbonyl (C=O) groups is 1. The van der Waals surface area contributed by atoms with E-state index in [1.165, 1.54) is 44.6 Å². The maximum absolute atomic E-state index is 13.5. The Bertz CT molecular complexity index is 580. The van der Waals surface area contributed by atoms with Crippen LogP contribution in [0.25, 0.3) is 0 Å². The molecule has 1 aromatic rings. The van der Waals surface area contributed by atoms with Crippen molar-refractivity contribution in [2.45, 2.75) is 44.9 Å². The Morgan fingerprint density at radius 2 is 1.75 bits per heavy atom. The lowest BCUT2D eigenvalue weighted by atomic mass is 9.49. The van der Waals surface area contributed by atoms with Gasteiger partial charge in [-0.2, -0.15) is 0 Å². The van der Waals surface area contributed by atoms with E-state index < -0.39 is 0 Å². The lowest BCUT2D eigenvalue weighted by molar-refractivity contribution is -0.123. The molecule has 0 aliphatic heterocycles. The number of amides is 1. The number of hydrogen-bond donors (Lipinski definition) is 1. The predicted octanol–water partition coefficient (Wildman–Crippen LogP) is 3.93. The van der Waals surface area contributed by atoms with Gasteiger partial charge in [0.05, 0.1) is 13.0 Å². The van der Waals surface area contributed by atoms with Gasteiger partial charge in [0.15, 0.2) is 11.6 Å². The Balaban J connectivity index is 1.23. The molecule has 1 N–H and O–H groups in total. The first-order valence-electron chi connectivity index (χ1n) is 9.26. The summed E-state index contributed by atoms with van der Waals surface area (Å²) in [6.45, 7) is 1.03. The van der Waals surface area contributed by atoms with Crippen LogP contribution < -0.4 is 10.1 Å². The van der Waals surface area contributed by atoms with Crippen molar-refractivity contribution in [1.29, 1.82) is 0 Å². The second-order valence-electron chi connectivity index (χ2n) is 8.22. The molecule has 4 aliphatic carbocycles. The van der Waals surface area contributed by atoms with Crippen LogP contribution in [0.1, 0.15) is 44.9 Å². The van der Waals surface area contributed by atoms with E-state index in [1.54, 1.807) is 18.2 Å². The molecule has 0 unspecified atom stereocenters. The quantitative estimate of drug-likeness (QED) is 0.858. The minimum absolute atomic E-state index is 0.0158. The highest BCUT2D eigenvalue weighted by atomic mass is 19.1. The molecule has 4 aliphatic rings. The molecule has 4 saturated carbocycles. The van der Waals surface area contributed by atoms with E-state index in [0.717, 1.165) is 24.3 Å². The third-order valence-electron chi connectivity index (χ3n) is 6.25. The van der Waals surface area contributed by atoms with Crippen molar-refractivity contribution in [3.8, 4) is 5.75 Å². The fraction of sp³-hybridized carbons (Fsp3) is 0.650. The molecule has 0 radical (unpaired) electrons. The third kappa shape index (κ3) is 3.28. The van der Waals surface area contributed by atoms with Crippen LogP contribution in [0.5, 0.6) is 5.75 Å². The van der Waals surface area contributed by atoms with Crippen LogP contribution >= 0.6 is 0 Å². The first kappa shape index (κ1) is 15.9. The SMILES string of the molecule is O=C(CCOc1ccccc1F)NCC12CC3CC(CC(C3)C1)C2. The molecule has 1 aromatic carbocycles. The molecule has 4 heteroatoms. The molecule has 0 atom stereocenters. The number of ether oxygens (including phenoxy) is 1. The molecule has 0 aromatic heterocycles. The highest BCUT2D eigenvalue weighted by Crippen LogP contribution is 2.59. The van der Waals surface area contributed by atoms with Crippen molar-refractivity contribution in [2.75, 3.05) is 13.2 Å². The van der Waals surface area contributed by atoms with Crippen LogP contribution in [0.3, 0.4) is 0 Å². The van der Waals surface area contributed by atoms with Crippen LogP contribution in [-0.4, -0.2) is 19.1 Å². The predicted molar refractivity (Wildman–Crippen MR) is 90.1 cm³/mol. The second kappa shape index (κ2) is 6.38.